The van der Waals surface area contributed by atoms with Crippen molar-refractivity contribution in [3.8, 4) is 0 Å². The van der Waals surface area contributed by atoms with Crippen molar-refractivity contribution in [2.45, 2.75) is 70.0 Å². The third-order valence-corrected chi connectivity index (χ3v) is 6.15. The van der Waals surface area contributed by atoms with Gasteiger partial charge in [0, 0.05) is 11.8 Å². The minimum atomic E-state index is 0.262. The standard InChI is InChI=1S/C16H24O2/c17-15-12-5-1-2-7-14(12)18-16-11-6-3-4-10(11)8-9-13(15)16/h10-14,16H,1-9H2. The molecule has 3 aliphatic carbocycles. The maximum atomic E-state index is 12.7. The van der Waals surface area contributed by atoms with Crippen molar-refractivity contribution in [2.75, 3.05) is 0 Å². The van der Waals surface area contributed by atoms with Crippen LogP contribution >= 0.6 is 0 Å². The highest BCUT2D eigenvalue weighted by molar-refractivity contribution is 5.85. The summed E-state index contributed by atoms with van der Waals surface area (Å²) in [7, 11) is 0. The van der Waals surface area contributed by atoms with Gasteiger partial charge >= 0.3 is 0 Å². The Bertz CT molecular complexity index is 351. The van der Waals surface area contributed by atoms with Gasteiger partial charge in [0.25, 0.3) is 0 Å². The van der Waals surface area contributed by atoms with Crippen LogP contribution in [0.1, 0.15) is 57.8 Å². The first-order valence-electron chi connectivity index (χ1n) is 8.04. The van der Waals surface area contributed by atoms with Gasteiger partial charge in [0.2, 0.25) is 0 Å². The summed E-state index contributed by atoms with van der Waals surface area (Å²) >= 11 is 0. The number of hydrogen-bond donors (Lipinski definition) is 0. The Labute approximate surface area is 109 Å². The van der Waals surface area contributed by atoms with Gasteiger partial charge in [-0.1, -0.05) is 25.7 Å². The van der Waals surface area contributed by atoms with Gasteiger partial charge in [-0.2, -0.15) is 0 Å². The van der Waals surface area contributed by atoms with E-state index in [1.807, 2.05) is 0 Å². The number of ketones is 1. The van der Waals surface area contributed by atoms with Gasteiger partial charge in [0.05, 0.1) is 12.2 Å². The van der Waals surface area contributed by atoms with Crippen molar-refractivity contribution in [1.82, 2.24) is 0 Å². The van der Waals surface area contributed by atoms with E-state index in [0.29, 0.717) is 11.9 Å². The number of fused-ring (bicyclic) bond motifs is 4. The number of rotatable bonds is 0. The SMILES string of the molecule is O=C1C2CCCCC2OC2C1CCC1CCCC12. The molecule has 6 unspecified atom stereocenters. The van der Waals surface area contributed by atoms with Crippen LogP contribution in [0.15, 0.2) is 0 Å². The predicted octanol–water partition coefficient (Wildman–Crippen LogP) is 3.34. The highest BCUT2D eigenvalue weighted by Gasteiger charge is 2.52. The van der Waals surface area contributed by atoms with Gasteiger partial charge in [0.1, 0.15) is 5.78 Å². The fraction of sp³-hybridized carbons (Fsp3) is 0.938. The molecule has 3 saturated carbocycles. The second-order valence-electron chi connectivity index (χ2n) is 6.97. The summed E-state index contributed by atoms with van der Waals surface area (Å²) in [4.78, 5) is 12.7. The van der Waals surface area contributed by atoms with E-state index in [0.717, 1.165) is 31.1 Å². The number of hydrogen-bond acceptors (Lipinski definition) is 2. The first kappa shape index (κ1) is 11.5. The molecule has 0 aromatic heterocycles. The molecule has 1 saturated heterocycles. The molecule has 0 radical (unpaired) electrons. The van der Waals surface area contributed by atoms with Crippen LogP contribution in [0.5, 0.6) is 0 Å². The monoisotopic (exact) mass is 248 g/mol. The lowest BCUT2D eigenvalue weighted by Crippen LogP contribution is -2.54. The maximum Gasteiger partial charge on any atom is 0.144 e. The topological polar surface area (TPSA) is 26.3 Å². The molecule has 2 nitrogen and oxygen atoms in total. The summed E-state index contributed by atoms with van der Waals surface area (Å²) in [6, 6.07) is 0. The molecular formula is C16H24O2. The number of ether oxygens (including phenoxy) is 1. The molecule has 0 aromatic rings. The van der Waals surface area contributed by atoms with Gasteiger partial charge in [0.15, 0.2) is 0 Å². The molecular weight excluding hydrogens is 224 g/mol. The number of Topliss-reactive ketones (excluding diaryl/α,β-unsaturated/α-hetero) is 1. The third-order valence-electron chi connectivity index (χ3n) is 6.15. The lowest BCUT2D eigenvalue weighted by Gasteiger charge is -2.48. The summed E-state index contributed by atoms with van der Waals surface area (Å²) < 4.78 is 6.46. The Morgan fingerprint density at radius 3 is 2.67 bits per heavy atom. The van der Waals surface area contributed by atoms with Gasteiger partial charge in [-0.15, -0.1) is 0 Å². The van der Waals surface area contributed by atoms with Crippen molar-refractivity contribution in [3.63, 3.8) is 0 Å². The Kier molecular flexibility index (Phi) is 2.76. The molecule has 0 amide bonds. The fourth-order valence-corrected chi connectivity index (χ4v) is 5.27. The molecule has 0 bridgehead atoms. The van der Waals surface area contributed by atoms with Gasteiger partial charge < -0.3 is 4.74 Å². The molecule has 1 aliphatic heterocycles. The van der Waals surface area contributed by atoms with Crippen molar-refractivity contribution in [3.05, 3.63) is 0 Å². The Morgan fingerprint density at radius 2 is 1.72 bits per heavy atom. The molecule has 4 aliphatic rings. The molecule has 1 heterocycles. The maximum absolute atomic E-state index is 12.7. The summed E-state index contributed by atoms with van der Waals surface area (Å²) in [5.41, 5.74) is 0. The zero-order valence-electron chi connectivity index (χ0n) is 11.1. The lowest BCUT2D eigenvalue weighted by molar-refractivity contribution is -0.180. The van der Waals surface area contributed by atoms with Crippen LogP contribution in [0, 0.1) is 23.7 Å². The smallest absolute Gasteiger partial charge is 0.144 e. The zero-order chi connectivity index (χ0) is 12.1. The minimum Gasteiger partial charge on any atom is -0.373 e. The molecule has 4 rings (SSSR count). The first-order valence-corrected chi connectivity index (χ1v) is 8.04. The molecule has 18 heavy (non-hydrogen) atoms. The van der Waals surface area contributed by atoms with E-state index in [9.17, 15) is 4.79 Å². The normalized spacial score (nSPS) is 51.4. The second kappa shape index (κ2) is 4.33. The average molecular weight is 248 g/mol. The summed E-state index contributed by atoms with van der Waals surface area (Å²) in [5, 5.41) is 0. The fourth-order valence-electron chi connectivity index (χ4n) is 5.27. The van der Waals surface area contributed by atoms with Gasteiger partial charge in [-0.25, -0.2) is 0 Å². The van der Waals surface area contributed by atoms with E-state index in [4.69, 9.17) is 4.74 Å². The summed E-state index contributed by atoms with van der Waals surface area (Å²) in [6.45, 7) is 0. The number of carbonyl (C=O) groups excluding carboxylic acids is 1. The average Bonchev–Trinajstić information content (AvgIpc) is 2.88. The lowest BCUT2D eigenvalue weighted by atomic mass is 9.66. The molecule has 2 heteroatoms. The minimum absolute atomic E-state index is 0.262. The van der Waals surface area contributed by atoms with Crippen molar-refractivity contribution < 1.29 is 9.53 Å². The Morgan fingerprint density at radius 1 is 0.833 bits per heavy atom. The Balaban J connectivity index is 1.60. The largest absolute Gasteiger partial charge is 0.373 e. The third kappa shape index (κ3) is 1.61. The van der Waals surface area contributed by atoms with E-state index >= 15 is 0 Å². The first-order chi connectivity index (χ1) is 8.84. The van der Waals surface area contributed by atoms with Gasteiger partial charge in [-0.3, -0.25) is 4.79 Å². The quantitative estimate of drug-likeness (QED) is 0.657. The van der Waals surface area contributed by atoms with E-state index in [-0.39, 0.29) is 17.9 Å². The van der Waals surface area contributed by atoms with Crippen LogP contribution in [0.25, 0.3) is 0 Å². The molecule has 0 aromatic carbocycles. The van der Waals surface area contributed by atoms with E-state index in [1.165, 1.54) is 38.5 Å². The Hall–Kier alpha value is -0.370. The summed E-state index contributed by atoms with van der Waals surface area (Å²) in [5.74, 6) is 2.71. The van der Waals surface area contributed by atoms with Crippen molar-refractivity contribution >= 4 is 5.78 Å². The van der Waals surface area contributed by atoms with E-state index in [1.54, 1.807) is 0 Å². The highest BCUT2D eigenvalue weighted by atomic mass is 16.5. The van der Waals surface area contributed by atoms with Crippen LogP contribution in [0.3, 0.4) is 0 Å². The van der Waals surface area contributed by atoms with E-state index < -0.39 is 0 Å². The van der Waals surface area contributed by atoms with Crippen LogP contribution < -0.4 is 0 Å². The van der Waals surface area contributed by atoms with Crippen LogP contribution in [0.2, 0.25) is 0 Å². The van der Waals surface area contributed by atoms with Crippen LogP contribution in [-0.2, 0) is 9.53 Å². The van der Waals surface area contributed by atoms with Crippen molar-refractivity contribution in [2.24, 2.45) is 23.7 Å². The van der Waals surface area contributed by atoms with Crippen LogP contribution in [0.4, 0.5) is 0 Å². The van der Waals surface area contributed by atoms with Crippen LogP contribution in [-0.4, -0.2) is 18.0 Å². The van der Waals surface area contributed by atoms with E-state index in [2.05, 4.69) is 0 Å². The zero-order valence-corrected chi connectivity index (χ0v) is 11.1. The second-order valence-corrected chi connectivity index (χ2v) is 6.97. The predicted molar refractivity (Wildman–Crippen MR) is 69.2 cm³/mol. The molecule has 100 valence electrons. The highest BCUT2D eigenvalue weighted by Crippen LogP contribution is 2.50. The van der Waals surface area contributed by atoms with Crippen molar-refractivity contribution in [1.29, 1.82) is 0 Å². The van der Waals surface area contributed by atoms with Gasteiger partial charge in [-0.05, 0) is 43.9 Å². The molecule has 6 atom stereocenters. The molecule has 4 fully saturated rings. The summed E-state index contributed by atoms with van der Waals surface area (Å²) in [6.07, 6.45) is 11.8. The molecule has 0 N–H and O–H groups in total. The number of carbonyl (C=O) groups is 1. The molecule has 0 spiro atoms.